The summed E-state index contributed by atoms with van der Waals surface area (Å²) in [5.41, 5.74) is -0.845. The van der Waals surface area contributed by atoms with Gasteiger partial charge in [-0.05, 0) is 12.8 Å². The molecular weight excluding hydrogens is 208 g/mol. The third kappa shape index (κ3) is 2.13. The van der Waals surface area contributed by atoms with Crippen molar-refractivity contribution < 1.29 is 9.90 Å². The van der Waals surface area contributed by atoms with Crippen LogP contribution in [0, 0.1) is 0 Å². The summed E-state index contributed by atoms with van der Waals surface area (Å²) in [5.74, 6) is -0.317. The van der Waals surface area contributed by atoms with Crippen LogP contribution in [0.15, 0.2) is 11.0 Å². The van der Waals surface area contributed by atoms with E-state index in [4.69, 9.17) is 5.11 Å². The molecular formula is C11H14N2O3. The quantitative estimate of drug-likeness (QED) is 0.794. The molecule has 0 unspecified atom stereocenters. The molecule has 1 fully saturated rings. The highest BCUT2D eigenvalue weighted by Gasteiger charge is 2.19. The Morgan fingerprint density at radius 1 is 1.38 bits per heavy atom. The zero-order chi connectivity index (χ0) is 11.5. The fourth-order valence-corrected chi connectivity index (χ4v) is 2.14. The first-order valence-corrected chi connectivity index (χ1v) is 5.51. The van der Waals surface area contributed by atoms with E-state index in [1.165, 1.54) is 6.42 Å². The summed E-state index contributed by atoms with van der Waals surface area (Å²) in [4.78, 5) is 28.7. The van der Waals surface area contributed by atoms with Crippen LogP contribution >= 0.6 is 0 Å². The molecule has 0 radical (unpaired) electrons. The first kappa shape index (κ1) is 10.9. The number of H-pyrrole nitrogens is 1. The number of aromatic amines is 1. The molecule has 2 N–H and O–H groups in total. The van der Waals surface area contributed by atoms with Crippen LogP contribution in [-0.2, 0) is 0 Å². The Hall–Kier alpha value is -1.65. The van der Waals surface area contributed by atoms with E-state index in [2.05, 4.69) is 9.97 Å². The third-order valence-corrected chi connectivity index (χ3v) is 3.04. The number of aromatic carboxylic acids is 1. The monoisotopic (exact) mass is 222 g/mol. The highest BCUT2D eigenvalue weighted by atomic mass is 16.4. The summed E-state index contributed by atoms with van der Waals surface area (Å²) in [6.45, 7) is 0. The van der Waals surface area contributed by atoms with Crippen molar-refractivity contribution in [1.82, 2.24) is 9.97 Å². The van der Waals surface area contributed by atoms with Gasteiger partial charge in [0.2, 0.25) is 0 Å². The number of aromatic nitrogens is 2. The van der Waals surface area contributed by atoms with E-state index in [1.54, 1.807) is 0 Å². The predicted octanol–water partition coefficient (Wildman–Crippen LogP) is 1.52. The zero-order valence-electron chi connectivity index (χ0n) is 8.90. The highest BCUT2D eigenvalue weighted by molar-refractivity contribution is 5.86. The Bertz CT molecular complexity index is 447. The minimum Gasteiger partial charge on any atom is -0.477 e. The number of carboxylic acids is 1. The van der Waals surface area contributed by atoms with Crippen molar-refractivity contribution in [3.8, 4) is 0 Å². The molecule has 5 nitrogen and oxygen atoms in total. The van der Waals surface area contributed by atoms with Crippen molar-refractivity contribution in [3.05, 3.63) is 27.9 Å². The summed E-state index contributed by atoms with van der Waals surface area (Å²) in [6, 6.07) is 0. The molecule has 1 heterocycles. The number of nitrogens with one attached hydrogen (secondary N) is 1. The average molecular weight is 222 g/mol. The van der Waals surface area contributed by atoms with Gasteiger partial charge in [0.15, 0.2) is 0 Å². The van der Waals surface area contributed by atoms with Crippen molar-refractivity contribution in [1.29, 1.82) is 0 Å². The lowest BCUT2D eigenvalue weighted by Gasteiger charge is -2.20. The fraction of sp³-hybridized carbons (Fsp3) is 0.545. The molecule has 2 rings (SSSR count). The minimum absolute atomic E-state index is 0.282. The Morgan fingerprint density at radius 2 is 2.06 bits per heavy atom. The number of carbonyl (C=O) groups is 1. The first-order chi connectivity index (χ1) is 7.68. The Balaban J connectivity index is 2.26. The molecule has 0 aliphatic heterocycles. The molecule has 0 atom stereocenters. The molecule has 0 amide bonds. The Labute approximate surface area is 92.5 Å². The van der Waals surface area contributed by atoms with Crippen LogP contribution in [0.3, 0.4) is 0 Å². The Kier molecular flexibility index (Phi) is 3.03. The van der Waals surface area contributed by atoms with Crippen LogP contribution in [-0.4, -0.2) is 21.0 Å². The lowest BCUT2D eigenvalue weighted by atomic mass is 9.89. The van der Waals surface area contributed by atoms with Crippen LogP contribution in [0.2, 0.25) is 0 Å². The first-order valence-electron chi connectivity index (χ1n) is 5.51. The molecule has 1 aromatic heterocycles. The highest BCUT2D eigenvalue weighted by Crippen LogP contribution is 2.29. The van der Waals surface area contributed by atoms with E-state index in [-0.39, 0.29) is 11.5 Å². The van der Waals surface area contributed by atoms with Crippen molar-refractivity contribution in [2.24, 2.45) is 0 Å². The van der Waals surface area contributed by atoms with E-state index in [1.807, 2.05) is 0 Å². The molecule has 16 heavy (non-hydrogen) atoms. The van der Waals surface area contributed by atoms with Crippen molar-refractivity contribution in [2.45, 2.75) is 38.0 Å². The molecule has 0 spiro atoms. The van der Waals surface area contributed by atoms with E-state index in [9.17, 15) is 9.59 Å². The molecule has 0 bridgehead atoms. The second kappa shape index (κ2) is 4.47. The molecule has 0 saturated heterocycles. The van der Waals surface area contributed by atoms with Gasteiger partial charge in [0, 0.05) is 12.1 Å². The largest absolute Gasteiger partial charge is 0.477 e. The lowest BCUT2D eigenvalue weighted by Crippen LogP contribution is -2.22. The lowest BCUT2D eigenvalue weighted by molar-refractivity contribution is 0.0694. The van der Waals surface area contributed by atoms with E-state index >= 15 is 0 Å². The molecule has 1 aliphatic rings. The molecule has 0 aromatic carbocycles. The smallest absolute Gasteiger partial charge is 0.342 e. The second-order valence-electron chi connectivity index (χ2n) is 4.15. The van der Waals surface area contributed by atoms with Crippen LogP contribution in [0.4, 0.5) is 0 Å². The van der Waals surface area contributed by atoms with E-state index in [0.717, 1.165) is 31.9 Å². The maximum absolute atomic E-state index is 11.4. The summed E-state index contributed by atoms with van der Waals surface area (Å²) in [5, 5.41) is 8.71. The van der Waals surface area contributed by atoms with Gasteiger partial charge in [-0.15, -0.1) is 0 Å². The van der Waals surface area contributed by atoms with E-state index < -0.39 is 11.5 Å². The summed E-state index contributed by atoms with van der Waals surface area (Å²) < 4.78 is 0. The van der Waals surface area contributed by atoms with Crippen molar-refractivity contribution in [3.63, 3.8) is 0 Å². The number of nitrogens with zero attached hydrogens (tertiary/aromatic N) is 1. The van der Waals surface area contributed by atoms with Crippen LogP contribution in [0.5, 0.6) is 0 Å². The van der Waals surface area contributed by atoms with Gasteiger partial charge in [0.05, 0.1) is 0 Å². The molecule has 1 saturated carbocycles. The van der Waals surface area contributed by atoms with Gasteiger partial charge in [-0.3, -0.25) is 4.79 Å². The fourth-order valence-electron chi connectivity index (χ4n) is 2.14. The normalized spacial score (nSPS) is 17.2. The van der Waals surface area contributed by atoms with Crippen LogP contribution in [0.25, 0.3) is 0 Å². The third-order valence-electron chi connectivity index (χ3n) is 3.04. The number of rotatable bonds is 2. The van der Waals surface area contributed by atoms with Gasteiger partial charge in [-0.25, -0.2) is 9.78 Å². The topological polar surface area (TPSA) is 83.0 Å². The summed E-state index contributed by atoms with van der Waals surface area (Å²) >= 11 is 0. The van der Waals surface area contributed by atoms with Crippen molar-refractivity contribution in [2.75, 3.05) is 0 Å². The molecule has 1 aliphatic carbocycles. The van der Waals surface area contributed by atoms with E-state index in [0.29, 0.717) is 5.82 Å². The van der Waals surface area contributed by atoms with Gasteiger partial charge in [0.25, 0.3) is 5.56 Å². The number of hydrogen-bond acceptors (Lipinski definition) is 3. The predicted molar refractivity (Wildman–Crippen MR) is 57.6 cm³/mol. The summed E-state index contributed by atoms with van der Waals surface area (Å²) in [6.07, 6.45) is 6.73. The zero-order valence-corrected chi connectivity index (χ0v) is 8.90. The molecule has 1 aromatic rings. The average Bonchev–Trinajstić information content (AvgIpc) is 2.29. The number of carboxylic acid groups (broad SMARTS) is 1. The Morgan fingerprint density at radius 3 is 2.62 bits per heavy atom. The minimum atomic E-state index is -1.23. The maximum Gasteiger partial charge on any atom is 0.342 e. The maximum atomic E-state index is 11.4. The van der Waals surface area contributed by atoms with Gasteiger partial charge < -0.3 is 10.1 Å². The SMILES string of the molecule is O=C(O)c1cnc(C2CCCCC2)[nH]c1=O. The van der Waals surface area contributed by atoms with Gasteiger partial charge in [-0.2, -0.15) is 0 Å². The standard InChI is InChI=1S/C11H14N2O3/c14-10-8(11(15)16)6-12-9(13-10)7-4-2-1-3-5-7/h6-7H,1-5H2,(H,15,16)(H,12,13,14). The van der Waals surface area contributed by atoms with Crippen LogP contribution < -0.4 is 5.56 Å². The van der Waals surface area contributed by atoms with Gasteiger partial charge in [-0.1, -0.05) is 19.3 Å². The molecule has 5 heteroatoms. The van der Waals surface area contributed by atoms with Gasteiger partial charge >= 0.3 is 5.97 Å². The van der Waals surface area contributed by atoms with Crippen molar-refractivity contribution >= 4 is 5.97 Å². The summed E-state index contributed by atoms with van der Waals surface area (Å²) in [7, 11) is 0. The second-order valence-corrected chi connectivity index (χ2v) is 4.15. The molecule has 86 valence electrons. The number of hydrogen-bond donors (Lipinski definition) is 2. The van der Waals surface area contributed by atoms with Gasteiger partial charge in [0.1, 0.15) is 11.4 Å². The van der Waals surface area contributed by atoms with Crippen LogP contribution in [0.1, 0.15) is 54.2 Å².